The molecule has 0 radical (unpaired) electrons. The third kappa shape index (κ3) is 3.17. The zero-order chi connectivity index (χ0) is 15.4. The van der Waals surface area contributed by atoms with Crippen LogP contribution in [0.5, 0.6) is 5.75 Å². The predicted molar refractivity (Wildman–Crippen MR) is 85.4 cm³/mol. The molecule has 1 aromatic heterocycles. The lowest BCUT2D eigenvalue weighted by atomic mass is 10.0. The summed E-state index contributed by atoms with van der Waals surface area (Å²) in [6.45, 7) is 4.52. The Morgan fingerprint density at radius 1 is 1.33 bits per heavy atom. The van der Waals surface area contributed by atoms with Crippen molar-refractivity contribution in [3.63, 3.8) is 0 Å². The van der Waals surface area contributed by atoms with E-state index in [-0.39, 0.29) is 12.2 Å². The first-order valence-electron chi connectivity index (χ1n) is 6.58. The molecule has 0 aliphatic rings. The molecule has 1 heterocycles. The lowest BCUT2D eigenvalue weighted by molar-refractivity contribution is 0.368. The molecule has 0 saturated heterocycles. The first-order chi connectivity index (χ1) is 10.1. The Bertz CT molecular complexity index is 760. The second-order valence-corrected chi connectivity index (χ2v) is 5.39. The van der Waals surface area contributed by atoms with E-state index in [1.807, 2.05) is 44.2 Å². The number of ether oxygens (including phenoxy) is 1. The van der Waals surface area contributed by atoms with Crippen LogP contribution in [0, 0.1) is 18.3 Å². The summed E-state index contributed by atoms with van der Waals surface area (Å²) in [7, 11) is 0. The summed E-state index contributed by atoms with van der Waals surface area (Å²) in [5.41, 5.74) is 2.80. The van der Waals surface area contributed by atoms with E-state index in [2.05, 4.69) is 15.9 Å². The first kappa shape index (κ1) is 15.3. The maximum absolute atomic E-state index is 12.2. The number of halogens is 1. The second kappa shape index (κ2) is 6.59. The van der Waals surface area contributed by atoms with Crippen molar-refractivity contribution in [3.05, 3.63) is 50.7 Å². The van der Waals surface area contributed by atoms with E-state index >= 15 is 0 Å². The zero-order valence-electron chi connectivity index (χ0n) is 11.9. The number of pyridine rings is 1. The highest BCUT2D eigenvalue weighted by Gasteiger charge is 2.10. The Morgan fingerprint density at radius 3 is 2.71 bits per heavy atom. The van der Waals surface area contributed by atoms with Crippen LogP contribution in [0.1, 0.15) is 12.5 Å². The highest BCUT2D eigenvalue weighted by atomic mass is 79.9. The molecule has 108 valence electrons. The quantitative estimate of drug-likeness (QED) is 0.851. The number of hydrogen-bond acceptors (Lipinski definition) is 3. The van der Waals surface area contributed by atoms with Gasteiger partial charge in [0.15, 0.2) is 6.61 Å². The van der Waals surface area contributed by atoms with Gasteiger partial charge in [0, 0.05) is 12.1 Å². The third-order valence-corrected chi connectivity index (χ3v) is 3.82. The number of benzene rings is 1. The van der Waals surface area contributed by atoms with Crippen molar-refractivity contribution in [2.24, 2.45) is 0 Å². The fourth-order valence-electron chi connectivity index (χ4n) is 2.23. The van der Waals surface area contributed by atoms with Gasteiger partial charge >= 0.3 is 0 Å². The van der Waals surface area contributed by atoms with Crippen LogP contribution < -0.4 is 10.3 Å². The average Bonchev–Trinajstić information content (AvgIpc) is 2.48. The maximum atomic E-state index is 12.2. The van der Waals surface area contributed by atoms with E-state index in [0.29, 0.717) is 16.8 Å². The Balaban J connectivity index is 2.51. The summed E-state index contributed by atoms with van der Waals surface area (Å²) in [5, 5.41) is 8.54. The summed E-state index contributed by atoms with van der Waals surface area (Å²) >= 11 is 3.27. The summed E-state index contributed by atoms with van der Waals surface area (Å²) < 4.78 is 7.57. The van der Waals surface area contributed by atoms with Crippen LogP contribution in [0.25, 0.3) is 11.3 Å². The van der Waals surface area contributed by atoms with E-state index in [0.717, 1.165) is 16.8 Å². The van der Waals surface area contributed by atoms with Crippen molar-refractivity contribution in [2.75, 3.05) is 6.61 Å². The number of hydrogen-bond donors (Lipinski definition) is 0. The monoisotopic (exact) mass is 346 g/mol. The standard InChI is InChI=1S/C16H15BrN2O2/c1-3-19-15(7-6-14(17)16(19)20)13-5-4-12(10-11(13)2)21-9-8-18/h4-7,10H,3,9H2,1-2H3. The molecule has 0 fully saturated rings. The van der Waals surface area contributed by atoms with Gasteiger partial charge in [0.2, 0.25) is 0 Å². The predicted octanol–water partition coefficient (Wildman–Crippen LogP) is 3.51. The molecule has 1 aromatic carbocycles. The highest BCUT2D eigenvalue weighted by Crippen LogP contribution is 2.27. The molecule has 0 aliphatic heterocycles. The SMILES string of the molecule is CCn1c(-c2ccc(OCC#N)cc2C)ccc(Br)c1=O. The average molecular weight is 347 g/mol. The molecular weight excluding hydrogens is 332 g/mol. The zero-order valence-corrected chi connectivity index (χ0v) is 13.5. The molecule has 2 aromatic rings. The molecule has 0 spiro atoms. The number of nitrogens with zero attached hydrogens (tertiary/aromatic N) is 2. The molecular formula is C16H15BrN2O2. The van der Waals surface area contributed by atoms with Gasteiger partial charge in [0.05, 0.1) is 10.2 Å². The smallest absolute Gasteiger partial charge is 0.265 e. The molecule has 0 saturated carbocycles. The minimum Gasteiger partial charge on any atom is -0.479 e. The van der Waals surface area contributed by atoms with Gasteiger partial charge in [-0.25, -0.2) is 0 Å². The fraction of sp³-hybridized carbons (Fsp3) is 0.250. The molecule has 0 aliphatic carbocycles. The van der Waals surface area contributed by atoms with Gasteiger partial charge in [0.1, 0.15) is 11.8 Å². The Labute approximate surface area is 131 Å². The van der Waals surface area contributed by atoms with Crippen LogP contribution in [0.2, 0.25) is 0 Å². The largest absolute Gasteiger partial charge is 0.479 e. The van der Waals surface area contributed by atoms with Crippen molar-refractivity contribution in [3.8, 4) is 23.1 Å². The fourth-order valence-corrected chi connectivity index (χ4v) is 2.58. The van der Waals surface area contributed by atoms with Crippen molar-refractivity contribution < 1.29 is 4.74 Å². The highest BCUT2D eigenvalue weighted by molar-refractivity contribution is 9.10. The summed E-state index contributed by atoms with van der Waals surface area (Å²) in [6.07, 6.45) is 0. The molecule has 0 N–H and O–H groups in total. The lowest BCUT2D eigenvalue weighted by Crippen LogP contribution is -2.21. The van der Waals surface area contributed by atoms with Crippen molar-refractivity contribution in [1.29, 1.82) is 5.26 Å². The van der Waals surface area contributed by atoms with Gasteiger partial charge in [-0.3, -0.25) is 4.79 Å². The van der Waals surface area contributed by atoms with Crippen molar-refractivity contribution >= 4 is 15.9 Å². The van der Waals surface area contributed by atoms with Gasteiger partial charge in [-0.05, 0) is 65.7 Å². The van der Waals surface area contributed by atoms with Crippen LogP contribution in [0.15, 0.2) is 39.6 Å². The van der Waals surface area contributed by atoms with Gasteiger partial charge in [-0.15, -0.1) is 0 Å². The molecule has 0 bridgehead atoms. The van der Waals surface area contributed by atoms with Crippen LogP contribution in [0.4, 0.5) is 0 Å². The summed E-state index contributed by atoms with van der Waals surface area (Å²) in [5.74, 6) is 0.653. The van der Waals surface area contributed by atoms with Crippen molar-refractivity contribution in [1.82, 2.24) is 4.57 Å². The van der Waals surface area contributed by atoms with E-state index in [1.54, 1.807) is 10.6 Å². The van der Waals surface area contributed by atoms with E-state index in [4.69, 9.17) is 10.00 Å². The number of nitriles is 1. The lowest BCUT2D eigenvalue weighted by Gasteiger charge is -2.14. The number of rotatable bonds is 4. The van der Waals surface area contributed by atoms with Crippen LogP contribution >= 0.6 is 15.9 Å². The van der Waals surface area contributed by atoms with Crippen LogP contribution in [0.3, 0.4) is 0 Å². The minimum absolute atomic E-state index is 0.0245. The normalized spacial score (nSPS) is 10.2. The molecule has 2 rings (SSSR count). The van der Waals surface area contributed by atoms with Gasteiger partial charge in [-0.1, -0.05) is 0 Å². The Hall–Kier alpha value is -2.06. The topological polar surface area (TPSA) is 55.0 Å². The van der Waals surface area contributed by atoms with Gasteiger partial charge < -0.3 is 9.30 Å². The van der Waals surface area contributed by atoms with E-state index in [9.17, 15) is 4.79 Å². The molecule has 4 nitrogen and oxygen atoms in total. The molecule has 0 unspecified atom stereocenters. The molecule has 5 heteroatoms. The Kier molecular flexibility index (Phi) is 4.81. The Morgan fingerprint density at radius 2 is 2.10 bits per heavy atom. The maximum Gasteiger partial charge on any atom is 0.265 e. The second-order valence-electron chi connectivity index (χ2n) is 4.54. The van der Waals surface area contributed by atoms with Crippen molar-refractivity contribution in [2.45, 2.75) is 20.4 Å². The van der Waals surface area contributed by atoms with E-state index < -0.39 is 0 Å². The first-order valence-corrected chi connectivity index (χ1v) is 7.38. The molecule has 0 amide bonds. The number of aromatic nitrogens is 1. The molecule has 21 heavy (non-hydrogen) atoms. The van der Waals surface area contributed by atoms with Crippen LogP contribution in [-0.2, 0) is 6.54 Å². The number of aryl methyl sites for hydroxylation is 1. The summed E-state index contributed by atoms with van der Waals surface area (Å²) in [6, 6.07) is 11.2. The third-order valence-electron chi connectivity index (χ3n) is 3.22. The van der Waals surface area contributed by atoms with Gasteiger partial charge in [-0.2, -0.15) is 5.26 Å². The summed E-state index contributed by atoms with van der Waals surface area (Å²) in [4.78, 5) is 12.2. The molecule has 0 atom stereocenters. The minimum atomic E-state index is -0.0424. The van der Waals surface area contributed by atoms with Crippen LogP contribution in [-0.4, -0.2) is 11.2 Å². The van der Waals surface area contributed by atoms with Gasteiger partial charge in [0.25, 0.3) is 5.56 Å². The van der Waals surface area contributed by atoms with E-state index in [1.165, 1.54) is 0 Å².